The van der Waals surface area contributed by atoms with E-state index >= 15 is 0 Å². The molecular weight excluding hydrogens is 425 g/mol. The van der Waals surface area contributed by atoms with Gasteiger partial charge in [-0.25, -0.2) is 0 Å². The third-order valence-electron chi connectivity index (χ3n) is 5.05. The van der Waals surface area contributed by atoms with Gasteiger partial charge in [-0.05, 0) is 48.5 Å². The maximum Gasteiger partial charge on any atom is 0.310 e. The molecule has 0 aliphatic carbocycles. The Morgan fingerprint density at radius 2 is 1.73 bits per heavy atom. The van der Waals surface area contributed by atoms with Crippen LogP contribution in [0.2, 0.25) is 10.0 Å². The lowest BCUT2D eigenvalue weighted by molar-refractivity contribution is -0.146. The van der Waals surface area contributed by atoms with Crippen LogP contribution in [0.25, 0.3) is 0 Å². The molecule has 30 heavy (non-hydrogen) atoms. The summed E-state index contributed by atoms with van der Waals surface area (Å²) in [6, 6.07) is 12.6. The molecule has 0 aromatic heterocycles. The molecule has 8 heteroatoms. The number of nitrogens with zero attached hydrogens (tertiary/aromatic N) is 2. The molecule has 1 fully saturated rings. The first-order chi connectivity index (χ1) is 14.4. The van der Waals surface area contributed by atoms with Crippen molar-refractivity contribution in [3.8, 4) is 0 Å². The molecule has 0 saturated carbocycles. The largest absolute Gasteiger partial charge is 0.455 e. The highest BCUT2D eigenvalue weighted by Crippen LogP contribution is 2.22. The number of piperazine rings is 1. The van der Waals surface area contributed by atoms with Crippen molar-refractivity contribution in [2.45, 2.75) is 13.3 Å². The number of anilines is 2. The van der Waals surface area contributed by atoms with E-state index in [0.29, 0.717) is 21.3 Å². The standard InChI is InChI=1S/C22H25Cl2N3O3/c1-2-26-9-11-27(12-10-26)19-7-5-18(6-8-19)25-21(28)15-30-22(29)13-16-3-4-17(23)14-20(16)24/h3-8,14H,2,9-13,15H2,1H3,(H,25,28). The van der Waals surface area contributed by atoms with Crippen LogP contribution in [-0.2, 0) is 20.7 Å². The number of carbonyl (C=O) groups excluding carboxylic acids is 2. The Morgan fingerprint density at radius 3 is 2.37 bits per heavy atom. The van der Waals surface area contributed by atoms with Crippen molar-refractivity contribution < 1.29 is 14.3 Å². The normalized spacial score (nSPS) is 14.4. The van der Waals surface area contributed by atoms with Gasteiger partial charge < -0.3 is 19.9 Å². The second-order valence-corrected chi connectivity index (χ2v) is 7.93. The third-order valence-corrected chi connectivity index (χ3v) is 5.64. The zero-order chi connectivity index (χ0) is 21.5. The first-order valence-corrected chi connectivity index (χ1v) is 10.7. The minimum atomic E-state index is -0.532. The van der Waals surface area contributed by atoms with E-state index in [1.807, 2.05) is 24.3 Å². The van der Waals surface area contributed by atoms with Gasteiger partial charge in [0.15, 0.2) is 6.61 Å². The van der Waals surface area contributed by atoms with Gasteiger partial charge in [-0.2, -0.15) is 0 Å². The molecule has 0 unspecified atom stereocenters. The van der Waals surface area contributed by atoms with Gasteiger partial charge in [-0.15, -0.1) is 0 Å². The lowest BCUT2D eigenvalue weighted by atomic mass is 10.1. The molecule has 1 amide bonds. The summed E-state index contributed by atoms with van der Waals surface area (Å²) in [4.78, 5) is 28.8. The highest BCUT2D eigenvalue weighted by Gasteiger charge is 2.16. The summed E-state index contributed by atoms with van der Waals surface area (Å²) in [5, 5.41) is 3.62. The Hall–Kier alpha value is -2.28. The molecule has 1 N–H and O–H groups in total. The average Bonchev–Trinajstić information content (AvgIpc) is 2.75. The van der Waals surface area contributed by atoms with Gasteiger partial charge in [0.2, 0.25) is 0 Å². The Kier molecular flexibility index (Phi) is 7.96. The quantitative estimate of drug-likeness (QED) is 0.650. The fourth-order valence-electron chi connectivity index (χ4n) is 3.29. The molecule has 2 aromatic carbocycles. The first-order valence-electron chi connectivity index (χ1n) is 9.91. The van der Waals surface area contributed by atoms with Crippen LogP contribution in [0.1, 0.15) is 12.5 Å². The van der Waals surface area contributed by atoms with Crippen LogP contribution in [-0.4, -0.2) is 56.1 Å². The van der Waals surface area contributed by atoms with E-state index in [-0.39, 0.29) is 13.0 Å². The number of ether oxygens (including phenoxy) is 1. The van der Waals surface area contributed by atoms with E-state index < -0.39 is 11.9 Å². The zero-order valence-electron chi connectivity index (χ0n) is 16.9. The molecular formula is C22H25Cl2N3O3. The average molecular weight is 450 g/mol. The predicted octanol–water partition coefficient (Wildman–Crippen LogP) is 3.86. The minimum Gasteiger partial charge on any atom is -0.455 e. The Morgan fingerprint density at radius 1 is 1.03 bits per heavy atom. The van der Waals surface area contributed by atoms with Crippen LogP contribution in [0.5, 0.6) is 0 Å². The van der Waals surface area contributed by atoms with E-state index in [0.717, 1.165) is 38.4 Å². The molecule has 6 nitrogen and oxygen atoms in total. The molecule has 1 aliphatic heterocycles. The van der Waals surface area contributed by atoms with Gasteiger partial charge in [-0.1, -0.05) is 36.2 Å². The van der Waals surface area contributed by atoms with Crippen molar-refractivity contribution in [2.75, 3.05) is 49.5 Å². The van der Waals surface area contributed by atoms with Crippen LogP contribution < -0.4 is 10.2 Å². The number of likely N-dealkylation sites (N-methyl/N-ethyl adjacent to an activating group) is 1. The van der Waals surface area contributed by atoms with Crippen LogP contribution >= 0.6 is 23.2 Å². The van der Waals surface area contributed by atoms with Gasteiger partial charge in [0.25, 0.3) is 5.91 Å². The summed E-state index contributed by atoms with van der Waals surface area (Å²) in [5.74, 6) is -0.925. The second-order valence-electron chi connectivity index (χ2n) is 7.09. The summed E-state index contributed by atoms with van der Waals surface area (Å²) in [6.07, 6.45) is -0.0245. The number of esters is 1. The SMILES string of the molecule is CCN1CCN(c2ccc(NC(=O)COC(=O)Cc3ccc(Cl)cc3Cl)cc2)CC1. The summed E-state index contributed by atoms with van der Waals surface area (Å²) < 4.78 is 5.05. The molecule has 3 rings (SSSR count). The lowest BCUT2D eigenvalue weighted by Gasteiger charge is -2.35. The van der Waals surface area contributed by atoms with E-state index in [1.165, 1.54) is 0 Å². The van der Waals surface area contributed by atoms with Gasteiger partial charge in [-0.3, -0.25) is 9.59 Å². The van der Waals surface area contributed by atoms with Crippen LogP contribution in [0, 0.1) is 0 Å². The number of benzene rings is 2. The highest BCUT2D eigenvalue weighted by atomic mass is 35.5. The summed E-state index contributed by atoms with van der Waals surface area (Å²) in [5.41, 5.74) is 2.39. The van der Waals surface area contributed by atoms with Gasteiger partial charge in [0, 0.05) is 47.6 Å². The van der Waals surface area contributed by atoms with Crippen molar-refractivity contribution in [1.82, 2.24) is 4.90 Å². The predicted molar refractivity (Wildman–Crippen MR) is 121 cm³/mol. The van der Waals surface area contributed by atoms with Gasteiger partial charge in [0.05, 0.1) is 6.42 Å². The fraction of sp³-hybridized carbons (Fsp3) is 0.364. The Labute approximate surface area is 186 Å². The molecule has 2 aromatic rings. The van der Waals surface area contributed by atoms with Crippen molar-refractivity contribution in [2.24, 2.45) is 0 Å². The topological polar surface area (TPSA) is 61.9 Å². The van der Waals surface area contributed by atoms with Crippen LogP contribution in [0.3, 0.4) is 0 Å². The molecule has 0 spiro atoms. The maximum absolute atomic E-state index is 12.1. The number of carbonyl (C=O) groups is 2. The fourth-order valence-corrected chi connectivity index (χ4v) is 3.77. The highest BCUT2D eigenvalue weighted by molar-refractivity contribution is 6.35. The number of rotatable bonds is 7. The second kappa shape index (κ2) is 10.7. The number of amides is 1. The molecule has 0 bridgehead atoms. The van der Waals surface area contributed by atoms with Crippen LogP contribution in [0.15, 0.2) is 42.5 Å². The number of hydrogen-bond donors (Lipinski definition) is 1. The number of halogens is 2. The first kappa shape index (κ1) is 22.4. The summed E-state index contributed by atoms with van der Waals surface area (Å²) in [6.45, 7) is 7.00. The monoisotopic (exact) mass is 449 g/mol. The summed E-state index contributed by atoms with van der Waals surface area (Å²) in [7, 11) is 0. The minimum absolute atomic E-state index is 0.0245. The van der Waals surface area contributed by atoms with Crippen molar-refractivity contribution in [3.05, 3.63) is 58.1 Å². The third kappa shape index (κ3) is 6.36. The lowest BCUT2D eigenvalue weighted by Crippen LogP contribution is -2.46. The smallest absolute Gasteiger partial charge is 0.310 e. The molecule has 160 valence electrons. The van der Waals surface area contributed by atoms with Gasteiger partial charge >= 0.3 is 5.97 Å². The van der Waals surface area contributed by atoms with E-state index in [1.54, 1.807) is 18.2 Å². The molecule has 1 aliphatic rings. The van der Waals surface area contributed by atoms with Crippen molar-refractivity contribution in [1.29, 1.82) is 0 Å². The van der Waals surface area contributed by atoms with Gasteiger partial charge in [0.1, 0.15) is 0 Å². The Bertz CT molecular complexity index is 882. The molecule has 0 atom stereocenters. The zero-order valence-corrected chi connectivity index (χ0v) is 18.4. The number of hydrogen-bond acceptors (Lipinski definition) is 5. The molecule has 0 radical (unpaired) electrons. The van der Waals surface area contributed by atoms with Crippen LogP contribution in [0.4, 0.5) is 11.4 Å². The molecule has 1 saturated heterocycles. The molecule has 1 heterocycles. The number of nitrogens with one attached hydrogen (secondary N) is 1. The van der Waals surface area contributed by atoms with E-state index in [9.17, 15) is 9.59 Å². The van der Waals surface area contributed by atoms with E-state index in [2.05, 4.69) is 22.0 Å². The summed E-state index contributed by atoms with van der Waals surface area (Å²) >= 11 is 11.9. The maximum atomic E-state index is 12.1. The van der Waals surface area contributed by atoms with Crippen molar-refractivity contribution in [3.63, 3.8) is 0 Å². The van der Waals surface area contributed by atoms with Crippen molar-refractivity contribution >= 4 is 46.5 Å². The Balaban J connectivity index is 1.44. The van der Waals surface area contributed by atoms with E-state index in [4.69, 9.17) is 27.9 Å².